The Balaban J connectivity index is 2.70. The fourth-order valence-corrected chi connectivity index (χ4v) is 3.81. The van der Waals surface area contributed by atoms with Gasteiger partial charge in [0, 0.05) is 11.1 Å². The van der Waals surface area contributed by atoms with Gasteiger partial charge >= 0.3 is 10.2 Å². The maximum atomic E-state index is 12.2. The van der Waals surface area contributed by atoms with Crippen LogP contribution < -0.4 is 4.72 Å². The molecular weight excluding hydrogens is 299 g/mol. The summed E-state index contributed by atoms with van der Waals surface area (Å²) in [6.45, 7) is 3.21. The monoisotopic (exact) mass is 308 g/mol. The first-order valence-corrected chi connectivity index (χ1v) is 7.29. The molecule has 1 aromatic carbocycles. The summed E-state index contributed by atoms with van der Waals surface area (Å²) in [5.41, 5.74) is 0.221. The number of amides is 1. The Morgan fingerprint density at radius 2 is 1.89 bits per heavy atom. The first-order chi connectivity index (χ1) is 8.24. The second kappa shape index (κ2) is 4.29. The molecule has 0 aromatic heterocycles. The van der Waals surface area contributed by atoms with Crippen LogP contribution in [0.2, 0.25) is 10.0 Å². The van der Waals surface area contributed by atoms with Crippen molar-refractivity contribution in [3.05, 3.63) is 27.7 Å². The van der Waals surface area contributed by atoms with Crippen molar-refractivity contribution in [2.75, 3.05) is 4.72 Å². The zero-order chi connectivity index (χ0) is 13.7. The molecule has 8 heteroatoms. The molecule has 1 aliphatic heterocycles. The molecule has 1 N–H and O–H groups in total. The molecule has 0 aliphatic carbocycles. The van der Waals surface area contributed by atoms with Gasteiger partial charge in [0.2, 0.25) is 0 Å². The summed E-state index contributed by atoms with van der Waals surface area (Å²) in [7, 11) is -3.91. The van der Waals surface area contributed by atoms with Gasteiger partial charge in [-0.2, -0.15) is 8.42 Å². The van der Waals surface area contributed by atoms with Crippen LogP contribution in [0.4, 0.5) is 5.69 Å². The van der Waals surface area contributed by atoms with Gasteiger partial charge in [0.25, 0.3) is 5.91 Å². The standard InChI is InChI=1S/C10H10Cl2N2O3S/c1-5(2)14-10(15)7-3-6(11)4-8(12)9(7)13-18(14,16)17/h3-5,13H,1-2H3. The first-order valence-electron chi connectivity index (χ1n) is 5.09. The Bertz CT molecular complexity index is 628. The van der Waals surface area contributed by atoms with Crippen molar-refractivity contribution >= 4 is 45.0 Å². The number of nitrogens with one attached hydrogen (secondary N) is 1. The summed E-state index contributed by atoms with van der Waals surface area (Å²) in [4.78, 5) is 12.2. The van der Waals surface area contributed by atoms with E-state index in [0.717, 1.165) is 4.31 Å². The van der Waals surface area contributed by atoms with Gasteiger partial charge < -0.3 is 0 Å². The van der Waals surface area contributed by atoms with Gasteiger partial charge in [-0.3, -0.25) is 9.52 Å². The Hall–Kier alpha value is -0.980. The maximum absolute atomic E-state index is 12.2. The lowest BCUT2D eigenvalue weighted by Crippen LogP contribution is -2.48. The van der Waals surface area contributed by atoms with E-state index >= 15 is 0 Å². The van der Waals surface area contributed by atoms with E-state index in [2.05, 4.69) is 4.72 Å². The summed E-state index contributed by atoms with van der Waals surface area (Å²) in [5, 5.41) is 0.370. The van der Waals surface area contributed by atoms with Crippen LogP contribution in [-0.4, -0.2) is 24.7 Å². The summed E-state index contributed by atoms with van der Waals surface area (Å²) in [6.07, 6.45) is 0. The highest BCUT2D eigenvalue weighted by atomic mass is 35.5. The predicted octanol–water partition coefficient (Wildman–Crippen LogP) is 2.51. The average molecular weight is 309 g/mol. The van der Waals surface area contributed by atoms with E-state index in [-0.39, 0.29) is 21.3 Å². The lowest BCUT2D eigenvalue weighted by molar-refractivity contribution is 0.0834. The topological polar surface area (TPSA) is 66.5 Å². The first kappa shape index (κ1) is 13.5. The molecule has 1 aromatic rings. The van der Waals surface area contributed by atoms with Crippen LogP contribution in [0.15, 0.2) is 12.1 Å². The molecule has 1 amide bonds. The lowest BCUT2D eigenvalue weighted by Gasteiger charge is -2.32. The van der Waals surface area contributed by atoms with E-state index in [1.165, 1.54) is 12.1 Å². The van der Waals surface area contributed by atoms with Gasteiger partial charge in [-0.15, -0.1) is 0 Å². The highest BCUT2D eigenvalue weighted by Crippen LogP contribution is 2.36. The van der Waals surface area contributed by atoms with Crippen LogP contribution in [0.1, 0.15) is 24.2 Å². The number of halogens is 2. The zero-order valence-electron chi connectivity index (χ0n) is 9.57. The third-order valence-corrected chi connectivity index (χ3v) is 4.53. The van der Waals surface area contributed by atoms with Crippen molar-refractivity contribution in [2.45, 2.75) is 19.9 Å². The number of carbonyl (C=O) groups excluding carboxylic acids is 1. The van der Waals surface area contributed by atoms with Crippen molar-refractivity contribution in [1.29, 1.82) is 0 Å². The Labute approximate surface area is 115 Å². The van der Waals surface area contributed by atoms with Gasteiger partial charge in [-0.25, -0.2) is 4.31 Å². The van der Waals surface area contributed by atoms with E-state index in [4.69, 9.17) is 23.2 Å². The lowest BCUT2D eigenvalue weighted by atomic mass is 10.1. The SMILES string of the molecule is CC(C)N1C(=O)c2cc(Cl)cc(Cl)c2NS1(=O)=O. The molecule has 5 nitrogen and oxygen atoms in total. The fourth-order valence-electron chi connectivity index (χ4n) is 1.76. The summed E-state index contributed by atoms with van der Waals surface area (Å²) < 4.78 is 26.9. The molecule has 0 spiro atoms. The molecule has 0 bridgehead atoms. The molecule has 2 rings (SSSR count). The van der Waals surface area contributed by atoms with Crippen LogP contribution in [0, 0.1) is 0 Å². The van der Waals surface area contributed by atoms with Gasteiger partial charge in [0.1, 0.15) is 0 Å². The smallest absolute Gasteiger partial charge is 0.268 e. The van der Waals surface area contributed by atoms with Gasteiger partial charge in [0.15, 0.2) is 0 Å². The van der Waals surface area contributed by atoms with Gasteiger partial charge in [-0.1, -0.05) is 23.2 Å². The number of rotatable bonds is 1. The van der Waals surface area contributed by atoms with Gasteiger partial charge in [0.05, 0.1) is 16.3 Å². The molecule has 0 atom stereocenters. The fraction of sp³-hybridized carbons (Fsp3) is 0.300. The predicted molar refractivity (Wildman–Crippen MR) is 70.3 cm³/mol. The van der Waals surface area contributed by atoms with E-state index in [1.807, 2.05) is 0 Å². The highest BCUT2D eigenvalue weighted by molar-refractivity contribution is 7.91. The molecule has 0 saturated carbocycles. The molecule has 0 fully saturated rings. The van der Waals surface area contributed by atoms with E-state index in [9.17, 15) is 13.2 Å². The van der Waals surface area contributed by atoms with E-state index < -0.39 is 22.2 Å². The molecule has 0 unspecified atom stereocenters. The summed E-state index contributed by atoms with van der Waals surface area (Å²) in [5.74, 6) is -0.636. The normalized spacial score (nSPS) is 17.6. The molecule has 0 radical (unpaired) electrons. The third-order valence-electron chi connectivity index (χ3n) is 2.44. The zero-order valence-corrected chi connectivity index (χ0v) is 11.9. The van der Waals surface area contributed by atoms with Crippen molar-refractivity contribution in [3.8, 4) is 0 Å². The Kier molecular flexibility index (Phi) is 3.21. The maximum Gasteiger partial charge on any atom is 0.326 e. The third kappa shape index (κ3) is 2.04. The number of nitrogens with zero attached hydrogens (tertiary/aromatic N) is 1. The highest BCUT2D eigenvalue weighted by Gasteiger charge is 2.38. The average Bonchev–Trinajstić information content (AvgIpc) is 2.19. The summed E-state index contributed by atoms with van der Waals surface area (Å²) in [6, 6.07) is 2.27. The van der Waals surface area contributed by atoms with Crippen LogP contribution >= 0.6 is 23.2 Å². The molecule has 1 aliphatic rings. The molecular formula is C10H10Cl2N2O3S. The largest absolute Gasteiger partial charge is 0.326 e. The van der Waals surface area contributed by atoms with Crippen LogP contribution in [-0.2, 0) is 10.2 Å². The second-order valence-electron chi connectivity index (χ2n) is 4.11. The molecule has 98 valence electrons. The number of carbonyl (C=O) groups is 1. The van der Waals surface area contributed by atoms with Gasteiger partial charge in [-0.05, 0) is 26.0 Å². The van der Waals surface area contributed by atoms with Crippen molar-refractivity contribution in [3.63, 3.8) is 0 Å². The van der Waals surface area contributed by atoms with Crippen molar-refractivity contribution < 1.29 is 13.2 Å². The molecule has 18 heavy (non-hydrogen) atoms. The van der Waals surface area contributed by atoms with Crippen molar-refractivity contribution in [2.24, 2.45) is 0 Å². The Morgan fingerprint density at radius 3 is 2.44 bits per heavy atom. The Morgan fingerprint density at radius 1 is 1.28 bits per heavy atom. The van der Waals surface area contributed by atoms with Crippen LogP contribution in [0.3, 0.4) is 0 Å². The summed E-state index contributed by atoms with van der Waals surface area (Å²) >= 11 is 11.7. The van der Waals surface area contributed by atoms with Crippen LogP contribution in [0.25, 0.3) is 0 Å². The van der Waals surface area contributed by atoms with Crippen molar-refractivity contribution in [1.82, 2.24) is 4.31 Å². The number of hydrogen-bond acceptors (Lipinski definition) is 3. The van der Waals surface area contributed by atoms with E-state index in [1.54, 1.807) is 13.8 Å². The number of fused-ring (bicyclic) bond motifs is 1. The second-order valence-corrected chi connectivity index (χ2v) is 6.50. The minimum Gasteiger partial charge on any atom is -0.268 e. The quantitative estimate of drug-likeness (QED) is 0.867. The number of benzene rings is 1. The minimum atomic E-state index is -3.91. The molecule has 0 saturated heterocycles. The molecule has 1 heterocycles. The van der Waals surface area contributed by atoms with Crippen LogP contribution in [0.5, 0.6) is 0 Å². The van der Waals surface area contributed by atoms with E-state index in [0.29, 0.717) is 0 Å². The number of hydrogen-bond donors (Lipinski definition) is 1. The number of anilines is 1. The minimum absolute atomic E-state index is 0.0722.